The van der Waals surface area contributed by atoms with Gasteiger partial charge in [0, 0.05) is 6.54 Å². The Hall–Kier alpha value is -1.72. The number of hydrogen-bond donors (Lipinski definition) is 1. The lowest BCUT2D eigenvalue weighted by molar-refractivity contribution is 0.0140. The Morgan fingerprint density at radius 3 is 2.67 bits per heavy atom. The van der Waals surface area contributed by atoms with Gasteiger partial charge in [0.15, 0.2) is 5.82 Å². The predicted octanol–water partition coefficient (Wildman–Crippen LogP) is 2.00. The van der Waals surface area contributed by atoms with Gasteiger partial charge in [-0.1, -0.05) is 31.0 Å². The Kier molecular flexibility index (Phi) is 4.03. The van der Waals surface area contributed by atoms with Gasteiger partial charge in [0.1, 0.15) is 6.33 Å². The predicted molar refractivity (Wildman–Crippen MR) is 81.1 cm³/mol. The molecule has 1 aromatic heterocycles. The van der Waals surface area contributed by atoms with Crippen LogP contribution in [-0.4, -0.2) is 44.0 Å². The van der Waals surface area contributed by atoms with E-state index in [2.05, 4.69) is 15.0 Å². The third-order valence-electron chi connectivity index (χ3n) is 4.07. The maximum atomic E-state index is 10.4. The summed E-state index contributed by atoms with van der Waals surface area (Å²) in [6, 6.07) is 9.96. The van der Waals surface area contributed by atoms with Crippen LogP contribution in [0.1, 0.15) is 31.5 Å². The molecule has 1 N–H and O–H groups in total. The fraction of sp³-hybridized carbons (Fsp3) is 0.500. The molecule has 112 valence electrons. The third-order valence-corrected chi connectivity index (χ3v) is 4.07. The van der Waals surface area contributed by atoms with Gasteiger partial charge in [-0.15, -0.1) is 5.10 Å². The van der Waals surface area contributed by atoms with Gasteiger partial charge in [-0.05, 0) is 32.0 Å². The van der Waals surface area contributed by atoms with Crippen molar-refractivity contribution in [3.05, 3.63) is 42.5 Å². The number of aliphatic hydroxyl groups is 1. The van der Waals surface area contributed by atoms with Crippen LogP contribution < -0.4 is 0 Å². The van der Waals surface area contributed by atoms with Crippen LogP contribution in [0.3, 0.4) is 0 Å². The highest BCUT2D eigenvalue weighted by Crippen LogP contribution is 2.30. The maximum absolute atomic E-state index is 10.4. The molecule has 0 saturated heterocycles. The second-order valence-electron chi connectivity index (χ2n) is 6.04. The van der Waals surface area contributed by atoms with Crippen LogP contribution >= 0.6 is 0 Å². The molecule has 2 aromatic rings. The smallest absolute Gasteiger partial charge is 0.164 e. The average Bonchev–Trinajstić information content (AvgIpc) is 3.09. The number of para-hydroxylation sites is 1. The van der Waals surface area contributed by atoms with Crippen molar-refractivity contribution in [3.63, 3.8) is 0 Å². The summed E-state index contributed by atoms with van der Waals surface area (Å²) in [7, 11) is 2.01. The molecule has 1 heterocycles. The Balaban J connectivity index is 1.62. The molecular weight excluding hydrogens is 264 g/mol. The van der Waals surface area contributed by atoms with E-state index in [0.717, 1.165) is 37.2 Å². The zero-order chi connectivity index (χ0) is 14.7. The molecule has 0 amide bonds. The molecule has 1 aliphatic carbocycles. The van der Waals surface area contributed by atoms with Crippen molar-refractivity contribution >= 4 is 0 Å². The SMILES string of the molecule is CN(Cc1ncn(-c2ccccc2)n1)CC1(O)CCCC1. The van der Waals surface area contributed by atoms with Crippen LogP contribution in [0.5, 0.6) is 0 Å². The molecule has 1 saturated carbocycles. The van der Waals surface area contributed by atoms with Gasteiger partial charge in [-0.2, -0.15) is 0 Å². The monoisotopic (exact) mass is 286 g/mol. The molecule has 0 radical (unpaired) electrons. The van der Waals surface area contributed by atoms with Crippen LogP contribution in [0.2, 0.25) is 0 Å². The first kappa shape index (κ1) is 14.2. The number of hydrogen-bond acceptors (Lipinski definition) is 4. The van der Waals surface area contributed by atoms with Gasteiger partial charge in [0.05, 0.1) is 17.8 Å². The molecule has 0 spiro atoms. The highest BCUT2D eigenvalue weighted by atomic mass is 16.3. The zero-order valence-corrected chi connectivity index (χ0v) is 12.4. The van der Waals surface area contributed by atoms with Crippen molar-refractivity contribution in [1.29, 1.82) is 0 Å². The van der Waals surface area contributed by atoms with E-state index in [-0.39, 0.29) is 0 Å². The van der Waals surface area contributed by atoms with Crippen LogP contribution in [0.4, 0.5) is 0 Å². The minimum atomic E-state index is -0.517. The number of rotatable bonds is 5. The number of benzene rings is 1. The van der Waals surface area contributed by atoms with Gasteiger partial charge in [-0.3, -0.25) is 4.90 Å². The summed E-state index contributed by atoms with van der Waals surface area (Å²) < 4.78 is 1.79. The lowest BCUT2D eigenvalue weighted by Gasteiger charge is -2.27. The Labute approximate surface area is 125 Å². The first-order valence-electron chi connectivity index (χ1n) is 7.52. The summed E-state index contributed by atoms with van der Waals surface area (Å²) in [6.45, 7) is 1.34. The summed E-state index contributed by atoms with van der Waals surface area (Å²) in [5.74, 6) is 0.781. The summed E-state index contributed by atoms with van der Waals surface area (Å²) in [5, 5.41) is 14.9. The van der Waals surface area contributed by atoms with Gasteiger partial charge in [0.25, 0.3) is 0 Å². The topological polar surface area (TPSA) is 54.2 Å². The van der Waals surface area contributed by atoms with E-state index in [1.54, 1.807) is 11.0 Å². The van der Waals surface area contributed by atoms with Gasteiger partial charge < -0.3 is 5.11 Å². The van der Waals surface area contributed by atoms with Crippen LogP contribution in [-0.2, 0) is 6.54 Å². The molecule has 1 aliphatic rings. The van der Waals surface area contributed by atoms with Crippen molar-refractivity contribution in [2.75, 3.05) is 13.6 Å². The minimum absolute atomic E-state index is 0.517. The van der Waals surface area contributed by atoms with E-state index < -0.39 is 5.60 Å². The molecule has 0 unspecified atom stereocenters. The normalized spacial score (nSPS) is 17.5. The van der Waals surface area contributed by atoms with E-state index in [4.69, 9.17) is 0 Å². The van der Waals surface area contributed by atoms with E-state index in [1.165, 1.54) is 0 Å². The summed E-state index contributed by atoms with van der Waals surface area (Å²) in [6.07, 6.45) is 5.81. The van der Waals surface area contributed by atoms with Crippen molar-refractivity contribution < 1.29 is 5.11 Å². The third kappa shape index (κ3) is 3.49. The minimum Gasteiger partial charge on any atom is -0.389 e. The van der Waals surface area contributed by atoms with Crippen molar-refractivity contribution in [3.8, 4) is 5.69 Å². The van der Waals surface area contributed by atoms with E-state index in [0.29, 0.717) is 13.1 Å². The molecule has 21 heavy (non-hydrogen) atoms. The van der Waals surface area contributed by atoms with Crippen molar-refractivity contribution in [2.24, 2.45) is 0 Å². The van der Waals surface area contributed by atoms with E-state index >= 15 is 0 Å². The highest BCUT2D eigenvalue weighted by Gasteiger charge is 2.32. The average molecular weight is 286 g/mol. The standard InChI is InChI=1S/C16H22N4O/c1-19(12-16(21)9-5-6-10-16)11-15-17-13-20(18-15)14-7-3-2-4-8-14/h2-4,7-8,13,21H,5-6,9-12H2,1H3. The van der Waals surface area contributed by atoms with Gasteiger partial charge in [0.2, 0.25) is 0 Å². The number of aromatic nitrogens is 3. The van der Waals surface area contributed by atoms with Crippen molar-refractivity contribution in [2.45, 2.75) is 37.8 Å². The van der Waals surface area contributed by atoms with Gasteiger partial charge in [-0.25, -0.2) is 9.67 Å². The molecule has 0 bridgehead atoms. The fourth-order valence-corrected chi connectivity index (χ4v) is 3.07. The van der Waals surface area contributed by atoms with E-state index in [9.17, 15) is 5.11 Å². The summed E-state index contributed by atoms with van der Waals surface area (Å²) >= 11 is 0. The van der Waals surface area contributed by atoms with Crippen molar-refractivity contribution in [1.82, 2.24) is 19.7 Å². The number of likely N-dealkylation sites (N-methyl/N-ethyl adjacent to an activating group) is 1. The molecule has 0 atom stereocenters. The molecule has 0 aliphatic heterocycles. The first-order valence-corrected chi connectivity index (χ1v) is 7.52. The second-order valence-corrected chi connectivity index (χ2v) is 6.04. The molecule has 5 nitrogen and oxygen atoms in total. The second kappa shape index (κ2) is 5.95. The first-order chi connectivity index (χ1) is 10.1. The molecule has 5 heteroatoms. The fourth-order valence-electron chi connectivity index (χ4n) is 3.07. The summed E-state index contributed by atoms with van der Waals surface area (Å²) in [5.41, 5.74) is 0.491. The van der Waals surface area contributed by atoms with E-state index in [1.807, 2.05) is 37.4 Å². The Bertz CT molecular complexity index is 575. The largest absolute Gasteiger partial charge is 0.389 e. The quantitative estimate of drug-likeness (QED) is 0.913. The molecular formula is C16H22N4O. The van der Waals surface area contributed by atoms with Gasteiger partial charge >= 0.3 is 0 Å². The molecule has 1 fully saturated rings. The van der Waals surface area contributed by atoms with Crippen LogP contribution in [0.25, 0.3) is 5.69 Å². The Morgan fingerprint density at radius 1 is 1.24 bits per heavy atom. The lowest BCUT2D eigenvalue weighted by Crippen LogP contribution is -2.39. The molecule has 1 aromatic carbocycles. The maximum Gasteiger partial charge on any atom is 0.164 e. The summed E-state index contributed by atoms with van der Waals surface area (Å²) in [4.78, 5) is 6.47. The highest BCUT2D eigenvalue weighted by molar-refractivity contribution is 5.29. The lowest BCUT2D eigenvalue weighted by atomic mass is 10.0. The van der Waals surface area contributed by atoms with Crippen LogP contribution in [0.15, 0.2) is 36.7 Å². The molecule has 3 rings (SSSR count). The number of nitrogens with zero attached hydrogens (tertiary/aromatic N) is 4. The Morgan fingerprint density at radius 2 is 1.95 bits per heavy atom. The zero-order valence-electron chi connectivity index (χ0n) is 12.4. The van der Waals surface area contributed by atoms with Crippen LogP contribution in [0, 0.1) is 0 Å².